The molecule has 2 aromatic carbocycles. The van der Waals surface area contributed by atoms with Gasteiger partial charge in [-0.05, 0) is 43.7 Å². The molecule has 0 radical (unpaired) electrons. The maximum absolute atomic E-state index is 12.9. The fourth-order valence-electron chi connectivity index (χ4n) is 4.23. The van der Waals surface area contributed by atoms with Gasteiger partial charge >= 0.3 is 0 Å². The lowest BCUT2D eigenvalue weighted by Gasteiger charge is -2.35. The Morgan fingerprint density at radius 2 is 1.67 bits per heavy atom. The summed E-state index contributed by atoms with van der Waals surface area (Å²) < 4.78 is 0. The molecule has 2 amide bonds. The Labute approximate surface area is 212 Å². The maximum atomic E-state index is 12.9. The number of aromatic nitrogens is 2. The molecule has 1 aromatic heterocycles. The third-order valence-corrected chi connectivity index (χ3v) is 6.16. The van der Waals surface area contributed by atoms with Gasteiger partial charge in [-0.15, -0.1) is 0 Å². The molecule has 36 heavy (non-hydrogen) atoms. The molecule has 0 atom stereocenters. The number of rotatable bonds is 7. The largest absolute Gasteiger partial charge is 0.354 e. The van der Waals surface area contributed by atoms with Crippen LogP contribution >= 0.6 is 0 Å². The molecule has 0 unspecified atom stereocenters. The molecule has 1 aliphatic rings. The van der Waals surface area contributed by atoms with Crippen LogP contribution in [0.5, 0.6) is 0 Å². The van der Waals surface area contributed by atoms with Crippen molar-refractivity contribution in [1.29, 1.82) is 0 Å². The summed E-state index contributed by atoms with van der Waals surface area (Å²) in [5, 5.41) is 5.84. The number of hydrogen-bond acceptors (Lipinski definition) is 6. The van der Waals surface area contributed by atoms with Gasteiger partial charge in [0, 0.05) is 49.5 Å². The second-order valence-electron chi connectivity index (χ2n) is 9.56. The Bertz CT molecular complexity index is 1230. The summed E-state index contributed by atoms with van der Waals surface area (Å²) in [4.78, 5) is 39.4. The number of nitrogens with zero attached hydrogens (tertiary/aromatic N) is 4. The third kappa shape index (κ3) is 6.46. The van der Waals surface area contributed by atoms with E-state index in [0.29, 0.717) is 11.3 Å². The number of aryl methyl sites for hydroxylation is 2. The summed E-state index contributed by atoms with van der Waals surface area (Å²) in [5.74, 6) is 1.68. The fourth-order valence-corrected chi connectivity index (χ4v) is 4.23. The molecule has 0 bridgehead atoms. The number of carbonyl (C=O) groups is 2. The molecule has 1 aliphatic heterocycles. The highest BCUT2D eigenvalue weighted by Crippen LogP contribution is 2.20. The lowest BCUT2D eigenvalue weighted by Crippen LogP contribution is -2.49. The van der Waals surface area contributed by atoms with Gasteiger partial charge in [0.2, 0.25) is 5.91 Å². The first-order valence-corrected chi connectivity index (χ1v) is 12.4. The average Bonchev–Trinajstić information content (AvgIpc) is 2.84. The number of para-hydroxylation sites is 1. The number of nitrogens with one attached hydrogen (secondary N) is 2. The minimum atomic E-state index is -0.258. The normalized spacial score (nSPS) is 14.1. The molecular weight excluding hydrogens is 452 g/mol. The zero-order chi connectivity index (χ0) is 25.7. The van der Waals surface area contributed by atoms with E-state index in [9.17, 15) is 9.59 Å². The fraction of sp³-hybridized carbons (Fsp3) is 0.357. The van der Waals surface area contributed by atoms with E-state index in [1.165, 1.54) is 0 Å². The molecule has 188 valence electrons. The average molecular weight is 487 g/mol. The molecule has 8 nitrogen and oxygen atoms in total. The van der Waals surface area contributed by atoms with Crippen molar-refractivity contribution in [1.82, 2.24) is 14.9 Å². The summed E-state index contributed by atoms with van der Waals surface area (Å²) in [6.07, 6.45) is 0. The van der Waals surface area contributed by atoms with Crippen molar-refractivity contribution in [2.75, 3.05) is 48.3 Å². The van der Waals surface area contributed by atoms with E-state index in [-0.39, 0.29) is 24.3 Å². The van der Waals surface area contributed by atoms with E-state index in [1.54, 1.807) is 18.2 Å². The molecule has 8 heteroatoms. The van der Waals surface area contributed by atoms with Crippen LogP contribution in [-0.2, 0) is 4.79 Å². The van der Waals surface area contributed by atoms with Gasteiger partial charge in [-0.3, -0.25) is 14.5 Å². The van der Waals surface area contributed by atoms with Crippen molar-refractivity contribution in [3.8, 4) is 0 Å². The van der Waals surface area contributed by atoms with E-state index in [1.807, 2.05) is 50.2 Å². The zero-order valence-electron chi connectivity index (χ0n) is 21.4. The van der Waals surface area contributed by atoms with E-state index in [2.05, 4.69) is 39.3 Å². The zero-order valence-corrected chi connectivity index (χ0v) is 21.4. The van der Waals surface area contributed by atoms with E-state index >= 15 is 0 Å². The van der Waals surface area contributed by atoms with Crippen LogP contribution in [0.3, 0.4) is 0 Å². The summed E-state index contributed by atoms with van der Waals surface area (Å²) >= 11 is 0. The van der Waals surface area contributed by atoms with Gasteiger partial charge < -0.3 is 15.5 Å². The lowest BCUT2D eigenvalue weighted by atomic mass is 10.1. The summed E-state index contributed by atoms with van der Waals surface area (Å²) in [6.45, 7) is 11.5. The minimum absolute atomic E-state index is 0.140. The SMILES string of the molecule is Cc1cccc(NC(=O)c2ccccc2NC(=O)CN2CCN(c3cc(C)nc(C(C)C)n3)CC2)c1. The molecule has 0 aliphatic carbocycles. The topological polar surface area (TPSA) is 90.5 Å². The monoisotopic (exact) mass is 486 g/mol. The van der Waals surface area contributed by atoms with Crippen LogP contribution in [0.25, 0.3) is 0 Å². The number of piperazine rings is 1. The van der Waals surface area contributed by atoms with Crippen molar-refractivity contribution < 1.29 is 9.59 Å². The van der Waals surface area contributed by atoms with Gasteiger partial charge in [-0.25, -0.2) is 9.97 Å². The highest BCUT2D eigenvalue weighted by atomic mass is 16.2. The lowest BCUT2D eigenvalue weighted by molar-refractivity contribution is -0.117. The summed E-state index contributed by atoms with van der Waals surface area (Å²) in [7, 11) is 0. The van der Waals surface area contributed by atoms with E-state index in [0.717, 1.165) is 54.8 Å². The Balaban J connectivity index is 1.34. The van der Waals surface area contributed by atoms with Crippen molar-refractivity contribution in [3.05, 3.63) is 77.2 Å². The van der Waals surface area contributed by atoms with Crippen molar-refractivity contribution >= 4 is 29.0 Å². The molecule has 0 saturated carbocycles. The van der Waals surface area contributed by atoms with Gasteiger partial charge in [0.1, 0.15) is 11.6 Å². The number of hydrogen-bond donors (Lipinski definition) is 2. The first-order valence-electron chi connectivity index (χ1n) is 12.4. The molecule has 3 aromatic rings. The van der Waals surface area contributed by atoms with Gasteiger partial charge in [0.05, 0.1) is 17.8 Å². The Hall–Kier alpha value is -3.78. The number of carbonyl (C=O) groups excluding carboxylic acids is 2. The highest BCUT2D eigenvalue weighted by Gasteiger charge is 2.22. The van der Waals surface area contributed by atoms with Crippen molar-refractivity contribution in [2.24, 2.45) is 0 Å². The first-order chi connectivity index (χ1) is 17.3. The van der Waals surface area contributed by atoms with Crippen LogP contribution < -0.4 is 15.5 Å². The van der Waals surface area contributed by atoms with Crippen LogP contribution in [0.1, 0.15) is 47.2 Å². The van der Waals surface area contributed by atoms with Gasteiger partial charge in [-0.2, -0.15) is 0 Å². The number of anilines is 3. The van der Waals surface area contributed by atoms with E-state index in [4.69, 9.17) is 4.98 Å². The predicted octanol–water partition coefficient (Wildman–Crippen LogP) is 4.23. The Morgan fingerprint density at radius 3 is 2.39 bits per heavy atom. The molecular formula is C28H34N6O2. The molecule has 1 fully saturated rings. The van der Waals surface area contributed by atoms with Crippen LogP contribution in [0.2, 0.25) is 0 Å². The second-order valence-corrected chi connectivity index (χ2v) is 9.56. The standard InChI is InChI=1S/C28H34N6O2/c1-19(2)27-29-21(4)17-25(32-27)34-14-12-33(13-15-34)18-26(35)31-24-11-6-5-10-23(24)28(36)30-22-9-7-8-20(3)16-22/h5-11,16-17,19H,12-15,18H2,1-4H3,(H,30,36)(H,31,35). The minimum Gasteiger partial charge on any atom is -0.354 e. The molecule has 1 saturated heterocycles. The molecule has 2 N–H and O–H groups in total. The van der Waals surface area contributed by atoms with Crippen LogP contribution in [0, 0.1) is 13.8 Å². The van der Waals surface area contributed by atoms with Crippen LogP contribution in [0.15, 0.2) is 54.6 Å². The quantitative estimate of drug-likeness (QED) is 0.519. The predicted molar refractivity (Wildman–Crippen MR) is 144 cm³/mol. The van der Waals surface area contributed by atoms with Crippen molar-refractivity contribution in [3.63, 3.8) is 0 Å². The molecule has 0 spiro atoms. The third-order valence-electron chi connectivity index (χ3n) is 6.16. The maximum Gasteiger partial charge on any atom is 0.257 e. The highest BCUT2D eigenvalue weighted by molar-refractivity contribution is 6.10. The van der Waals surface area contributed by atoms with Gasteiger partial charge in [-0.1, -0.05) is 38.1 Å². The van der Waals surface area contributed by atoms with Crippen molar-refractivity contribution in [2.45, 2.75) is 33.6 Å². The molecule has 4 rings (SSSR count). The summed E-state index contributed by atoms with van der Waals surface area (Å²) in [6, 6.07) is 16.7. The number of benzene rings is 2. The molecule has 2 heterocycles. The van der Waals surface area contributed by atoms with Gasteiger partial charge in [0.15, 0.2) is 0 Å². The van der Waals surface area contributed by atoms with E-state index < -0.39 is 0 Å². The number of amides is 2. The van der Waals surface area contributed by atoms with Crippen LogP contribution in [0.4, 0.5) is 17.2 Å². The Kier molecular flexibility index (Phi) is 7.95. The smallest absolute Gasteiger partial charge is 0.257 e. The van der Waals surface area contributed by atoms with Gasteiger partial charge in [0.25, 0.3) is 5.91 Å². The Morgan fingerprint density at radius 1 is 0.917 bits per heavy atom. The second kappa shape index (κ2) is 11.3. The van der Waals surface area contributed by atoms with Crippen LogP contribution in [-0.4, -0.2) is 59.4 Å². The first kappa shape index (κ1) is 25.3. The summed E-state index contributed by atoms with van der Waals surface area (Å²) in [5.41, 5.74) is 3.68.